The molecule has 1 aliphatic rings. The van der Waals surface area contributed by atoms with Gasteiger partial charge in [0.1, 0.15) is 11.9 Å². The monoisotopic (exact) mass is 220 g/mol. The summed E-state index contributed by atoms with van der Waals surface area (Å²) in [6.07, 6.45) is 1.50. The minimum atomic E-state index is -0.282. The van der Waals surface area contributed by atoms with Crippen LogP contribution < -0.4 is 4.74 Å². The predicted octanol–water partition coefficient (Wildman–Crippen LogP) is 2.37. The second-order valence-corrected chi connectivity index (χ2v) is 4.07. The highest BCUT2D eigenvalue weighted by Crippen LogP contribution is 2.25. The first-order valence-electron chi connectivity index (χ1n) is 5.53. The fourth-order valence-corrected chi connectivity index (χ4v) is 1.97. The van der Waals surface area contributed by atoms with Crippen LogP contribution in [0, 0.1) is 6.92 Å². The molecule has 16 heavy (non-hydrogen) atoms. The van der Waals surface area contributed by atoms with Crippen molar-refractivity contribution >= 4 is 5.78 Å². The van der Waals surface area contributed by atoms with Gasteiger partial charge in [0, 0.05) is 6.61 Å². The van der Waals surface area contributed by atoms with E-state index >= 15 is 0 Å². The van der Waals surface area contributed by atoms with E-state index in [1.165, 1.54) is 0 Å². The molecule has 1 unspecified atom stereocenters. The molecule has 2 rings (SSSR count). The molecule has 1 fully saturated rings. The van der Waals surface area contributed by atoms with Crippen molar-refractivity contribution in [2.24, 2.45) is 0 Å². The second kappa shape index (κ2) is 4.66. The molecule has 0 amide bonds. The third kappa shape index (κ3) is 2.09. The van der Waals surface area contributed by atoms with E-state index in [2.05, 4.69) is 0 Å². The number of rotatable bonds is 3. The van der Waals surface area contributed by atoms with Crippen LogP contribution in [0.25, 0.3) is 0 Å². The number of methoxy groups -OCH3 is 1. The van der Waals surface area contributed by atoms with Gasteiger partial charge in [-0.15, -0.1) is 0 Å². The number of hydrogen-bond donors (Lipinski definition) is 0. The number of ketones is 1. The Kier molecular flexibility index (Phi) is 3.25. The highest BCUT2D eigenvalue weighted by Gasteiger charge is 2.26. The van der Waals surface area contributed by atoms with Crippen LogP contribution in [0.3, 0.4) is 0 Å². The van der Waals surface area contributed by atoms with E-state index in [-0.39, 0.29) is 11.9 Å². The molecule has 0 bridgehead atoms. The standard InChI is InChI=1S/C13H16O3/c1-9-5-6-11(15-2)10(8-9)13(14)12-4-3-7-16-12/h5-6,8,12H,3-4,7H2,1-2H3. The van der Waals surface area contributed by atoms with Gasteiger partial charge in [-0.2, -0.15) is 0 Å². The van der Waals surface area contributed by atoms with E-state index in [1.54, 1.807) is 7.11 Å². The topological polar surface area (TPSA) is 35.5 Å². The van der Waals surface area contributed by atoms with Crippen LogP contribution in [-0.4, -0.2) is 25.6 Å². The van der Waals surface area contributed by atoms with Gasteiger partial charge in [0.2, 0.25) is 0 Å². The zero-order chi connectivity index (χ0) is 11.5. The highest BCUT2D eigenvalue weighted by atomic mass is 16.5. The summed E-state index contributed by atoms with van der Waals surface area (Å²) in [4.78, 5) is 12.2. The van der Waals surface area contributed by atoms with Crippen LogP contribution in [0.1, 0.15) is 28.8 Å². The summed E-state index contributed by atoms with van der Waals surface area (Å²) >= 11 is 0. The summed E-state index contributed by atoms with van der Waals surface area (Å²) in [6, 6.07) is 5.63. The van der Waals surface area contributed by atoms with Gasteiger partial charge in [-0.05, 0) is 31.9 Å². The molecule has 0 aliphatic carbocycles. The van der Waals surface area contributed by atoms with Gasteiger partial charge in [-0.25, -0.2) is 0 Å². The number of ether oxygens (including phenoxy) is 2. The molecule has 1 aliphatic heterocycles. The minimum absolute atomic E-state index is 0.0399. The molecule has 86 valence electrons. The largest absolute Gasteiger partial charge is 0.496 e. The molecular weight excluding hydrogens is 204 g/mol. The van der Waals surface area contributed by atoms with Crippen molar-refractivity contribution < 1.29 is 14.3 Å². The van der Waals surface area contributed by atoms with Crippen molar-refractivity contribution in [2.75, 3.05) is 13.7 Å². The first-order chi connectivity index (χ1) is 7.72. The molecule has 1 atom stereocenters. The Bertz CT molecular complexity index is 392. The maximum absolute atomic E-state index is 12.2. The fraction of sp³-hybridized carbons (Fsp3) is 0.462. The summed E-state index contributed by atoms with van der Waals surface area (Å²) < 4.78 is 10.6. The molecule has 0 radical (unpaired) electrons. The van der Waals surface area contributed by atoms with Gasteiger partial charge < -0.3 is 9.47 Å². The van der Waals surface area contributed by atoms with Gasteiger partial charge >= 0.3 is 0 Å². The average molecular weight is 220 g/mol. The third-order valence-corrected chi connectivity index (χ3v) is 2.84. The lowest BCUT2D eigenvalue weighted by molar-refractivity contribution is 0.0640. The van der Waals surface area contributed by atoms with Gasteiger partial charge in [-0.1, -0.05) is 11.6 Å². The van der Waals surface area contributed by atoms with Gasteiger partial charge in [0.15, 0.2) is 5.78 Å². The maximum atomic E-state index is 12.2. The number of hydrogen-bond acceptors (Lipinski definition) is 3. The number of carbonyl (C=O) groups excluding carboxylic acids is 1. The molecule has 1 aromatic rings. The van der Waals surface area contributed by atoms with Crippen LogP contribution in [0.15, 0.2) is 18.2 Å². The molecule has 3 nitrogen and oxygen atoms in total. The third-order valence-electron chi connectivity index (χ3n) is 2.84. The molecule has 1 aromatic carbocycles. The Hall–Kier alpha value is -1.35. The van der Waals surface area contributed by atoms with Crippen molar-refractivity contribution in [3.05, 3.63) is 29.3 Å². The van der Waals surface area contributed by atoms with Crippen molar-refractivity contribution in [1.82, 2.24) is 0 Å². The number of benzene rings is 1. The van der Waals surface area contributed by atoms with Crippen molar-refractivity contribution in [1.29, 1.82) is 0 Å². The molecule has 0 N–H and O–H groups in total. The predicted molar refractivity (Wildman–Crippen MR) is 61.0 cm³/mol. The zero-order valence-corrected chi connectivity index (χ0v) is 9.66. The molecular formula is C13H16O3. The van der Waals surface area contributed by atoms with E-state index < -0.39 is 0 Å². The smallest absolute Gasteiger partial charge is 0.195 e. The average Bonchev–Trinajstić information content (AvgIpc) is 2.81. The van der Waals surface area contributed by atoms with Gasteiger partial charge in [-0.3, -0.25) is 4.79 Å². The van der Waals surface area contributed by atoms with Crippen LogP contribution in [0.2, 0.25) is 0 Å². The van der Waals surface area contributed by atoms with E-state index in [4.69, 9.17) is 9.47 Å². The van der Waals surface area contributed by atoms with Crippen molar-refractivity contribution in [3.63, 3.8) is 0 Å². The van der Waals surface area contributed by atoms with E-state index in [1.807, 2.05) is 25.1 Å². The summed E-state index contributed by atoms with van der Waals surface area (Å²) in [5.41, 5.74) is 1.69. The minimum Gasteiger partial charge on any atom is -0.496 e. The first-order valence-corrected chi connectivity index (χ1v) is 5.53. The lowest BCUT2D eigenvalue weighted by atomic mass is 10.0. The lowest BCUT2D eigenvalue weighted by Gasteiger charge is -2.12. The number of Topliss-reactive ketones (excluding diaryl/α,β-unsaturated/α-hetero) is 1. The SMILES string of the molecule is COc1ccc(C)cc1C(=O)C1CCCO1. The zero-order valence-electron chi connectivity index (χ0n) is 9.66. The second-order valence-electron chi connectivity index (χ2n) is 4.07. The molecule has 3 heteroatoms. The molecule has 1 heterocycles. The summed E-state index contributed by atoms with van der Waals surface area (Å²) in [6.45, 7) is 2.65. The van der Waals surface area contributed by atoms with Crippen LogP contribution >= 0.6 is 0 Å². The molecule has 0 aromatic heterocycles. The molecule has 1 saturated heterocycles. The number of carbonyl (C=O) groups is 1. The normalized spacial score (nSPS) is 19.8. The Morgan fingerprint density at radius 2 is 2.31 bits per heavy atom. The van der Waals surface area contributed by atoms with Crippen LogP contribution in [-0.2, 0) is 4.74 Å². The van der Waals surface area contributed by atoms with Crippen LogP contribution in [0.5, 0.6) is 5.75 Å². The summed E-state index contributed by atoms with van der Waals surface area (Å²) in [7, 11) is 1.58. The summed E-state index contributed by atoms with van der Waals surface area (Å²) in [5, 5.41) is 0. The Labute approximate surface area is 95.4 Å². The molecule has 0 saturated carbocycles. The fourth-order valence-electron chi connectivity index (χ4n) is 1.97. The maximum Gasteiger partial charge on any atom is 0.195 e. The lowest BCUT2D eigenvalue weighted by Crippen LogP contribution is -2.20. The quantitative estimate of drug-likeness (QED) is 0.733. The highest BCUT2D eigenvalue weighted by molar-refractivity contribution is 6.02. The van der Waals surface area contributed by atoms with Gasteiger partial charge in [0.05, 0.1) is 12.7 Å². The Balaban J connectivity index is 2.30. The van der Waals surface area contributed by atoms with E-state index in [9.17, 15) is 4.79 Å². The number of aryl methyl sites for hydroxylation is 1. The van der Waals surface area contributed by atoms with Gasteiger partial charge in [0.25, 0.3) is 0 Å². The van der Waals surface area contributed by atoms with Crippen molar-refractivity contribution in [3.8, 4) is 5.75 Å². The summed E-state index contributed by atoms with van der Waals surface area (Å²) in [5.74, 6) is 0.671. The van der Waals surface area contributed by atoms with Crippen LogP contribution in [0.4, 0.5) is 0 Å². The van der Waals surface area contributed by atoms with Crippen molar-refractivity contribution in [2.45, 2.75) is 25.9 Å². The van der Waals surface area contributed by atoms with E-state index in [0.29, 0.717) is 17.9 Å². The molecule has 0 spiro atoms. The first kappa shape index (κ1) is 11.1. The Morgan fingerprint density at radius 3 is 2.94 bits per heavy atom. The van der Waals surface area contributed by atoms with E-state index in [0.717, 1.165) is 18.4 Å². The Morgan fingerprint density at radius 1 is 1.50 bits per heavy atom.